The van der Waals surface area contributed by atoms with E-state index in [4.69, 9.17) is 16.3 Å². The van der Waals surface area contributed by atoms with Gasteiger partial charge < -0.3 is 25.7 Å². The fraction of sp³-hybridized carbons (Fsp3) is 0.455. The Morgan fingerprint density at radius 3 is 2.28 bits per heavy atom. The van der Waals surface area contributed by atoms with Crippen molar-refractivity contribution < 1.29 is 19.1 Å². The largest absolute Gasteiger partial charge is 0.444 e. The van der Waals surface area contributed by atoms with Crippen LogP contribution in [0.15, 0.2) is 41.6 Å². The highest BCUT2D eigenvalue weighted by atomic mass is 35.5. The molecule has 174 valence electrons. The normalized spacial score (nSPS) is 15.0. The van der Waals surface area contributed by atoms with E-state index in [2.05, 4.69) is 27.7 Å². The number of hydrogen-bond donors (Lipinski definition) is 3. The first kappa shape index (κ1) is 25.2. The van der Waals surface area contributed by atoms with Crippen LogP contribution in [0, 0.1) is 0 Å². The molecule has 1 aromatic rings. The summed E-state index contributed by atoms with van der Waals surface area (Å²) in [4.78, 5) is 39.0. The van der Waals surface area contributed by atoms with Gasteiger partial charge in [-0.25, -0.2) is 4.79 Å². The second-order valence-corrected chi connectivity index (χ2v) is 8.78. The number of rotatable bonds is 6. The van der Waals surface area contributed by atoms with Crippen molar-refractivity contribution in [3.63, 3.8) is 0 Å². The number of carbonyl (C=O) groups is 3. The topological polar surface area (TPSA) is 112 Å². The van der Waals surface area contributed by atoms with Crippen LogP contribution < -0.4 is 16.1 Å². The molecule has 1 aromatic carbocycles. The van der Waals surface area contributed by atoms with Gasteiger partial charge in [0.25, 0.3) is 11.8 Å². The third-order valence-corrected chi connectivity index (χ3v) is 4.83. The molecule has 3 N–H and O–H groups in total. The van der Waals surface area contributed by atoms with Gasteiger partial charge in [0.15, 0.2) is 5.71 Å². The van der Waals surface area contributed by atoms with Crippen LogP contribution in [-0.4, -0.2) is 60.3 Å². The Balaban J connectivity index is 1.92. The maximum Gasteiger partial charge on any atom is 0.410 e. The minimum atomic E-state index is -0.558. The second-order valence-electron chi connectivity index (χ2n) is 8.34. The number of likely N-dealkylation sites (tertiary alicyclic amines) is 1. The summed E-state index contributed by atoms with van der Waals surface area (Å²) in [6, 6.07) is 6.18. The third kappa shape index (κ3) is 7.56. The van der Waals surface area contributed by atoms with E-state index >= 15 is 0 Å². The SMILES string of the molecule is C=C(NC(=O)c1ccc(Cl)cc1)/C(=N\NC)C(=O)NC1CCN(C(=O)OC(C)(C)C)CC1. The molecule has 0 bridgehead atoms. The van der Waals surface area contributed by atoms with Crippen LogP contribution in [-0.2, 0) is 9.53 Å². The van der Waals surface area contributed by atoms with Crippen molar-refractivity contribution in [3.05, 3.63) is 47.1 Å². The van der Waals surface area contributed by atoms with E-state index in [-0.39, 0.29) is 23.5 Å². The molecule has 0 atom stereocenters. The van der Waals surface area contributed by atoms with Gasteiger partial charge in [-0.2, -0.15) is 5.10 Å². The van der Waals surface area contributed by atoms with Gasteiger partial charge in [0, 0.05) is 36.8 Å². The quantitative estimate of drug-likeness (QED) is 0.443. The highest BCUT2D eigenvalue weighted by molar-refractivity contribution is 6.45. The fourth-order valence-corrected chi connectivity index (χ4v) is 3.15. The monoisotopic (exact) mass is 463 g/mol. The van der Waals surface area contributed by atoms with Crippen LogP contribution in [0.25, 0.3) is 0 Å². The molecule has 3 amide bonds. The van der Waals surface area contributed by atoms with E-state index < -0.39 is 17.4 Å². The van der Waals surface area contributed by atoms with Crippen LogP contribution >= 0.6 is 11.6 Å². The molecule has 1 aliphatic rings. The number of halogens is 1. The van der Waals surface area contributed by atoms with Crippen molar-refractivity contribution in [2.24, 2.45) is 5.10 Å². The predicted octanol–water partition coefficient (Wildman–Crippen LogP) is 2.67. The Labute approximate surface area is 193 Å². The number of ether oxygens (including phenoxy) is 1. The molecule has 1 fully saturated rings. The molecule has 0 radical (unpaired) electrons. The van der Waals surface area contributed by atoms with E-state index in [0.29, 0.717) is 36.5 Å². The summed E-state index contributed by atoms with van der Waals surface area (Å²) in [6.45, 7) is 10.2. The smallest absolute Gasteiger partial charge is 0.410 e. The third-order valence-electron chi connectivity index (χ3n) is 4.58. The van der Waals surface area contributed by atoms with Gasteiger partial charge >= 0.3 is 6.09 Å². The zero-order valence-corrected chi connectivity index (χ0v) is 19.6. The van der Waals surface area contributed by atoms with Gasteiger partial charge in [0.1, 0.15) is 5.60 Å². The average Bonchev–Trinajstić information content (AvgIpc) is 2.71. The van der Waals surface area contributed by atoms with E-state index in [1.54, 1.807) is 36.2 Å². The zero-order chi connectivity index (χ0) is 23.9. The molecule has 2 rings (SSSR count). The molecule has 10 heteroatoms. The Bertz CT molecular complexity index is 885. The first-order chi connectivity index (χ1) is 15.0. The Hall–Kier alpha value is -3.07. The standard InChI is InChI=1S/C22H30ClN5O4/c1-14(25-19(29)15-6-8-16(23)9-7-15)18(27-24-5)20(30)26-17-10-12-28(13-11-17)21(31)32-22(2,3)4/h6-9,17,24H,1,10-13H2,2-5H3,(H,25,29)(H,26,30)/b27-18+. The summed E-state index contributed by atoms with van der Waals surface area (Å²) in [7, 11) is 1.54. The number of piperidine rings is 1. The number of hydrogen-bond acceptors (Lipinski definition) is 6. The number of nitrogens with one attached hydrogen (secondary N) is 3. The lowest BCUT2D eigenvalue weighted by Crippen LogP contribution is -2.49. The first-order valence-electron chi connectivity index (χ1n) is 10.3. The molecule has 0 spiro atoms. The second kappa shape index (κ2) is 11.0. The van der Waals surface area contributed by atoms with Gasteiger partial charge in [-0.05, 0) is 57.9 Å². The van der Waals surface area contributed by atoms with E-state index in [9.17, 15) is 14.4 Å². The number of benzene rings is 1. The van der Waals surface area contributed by atoms with Crippen LogP contribution in [0.4, 0.5) is 4.79 Å². The molecule has 0 saturated carbocycles. The van der Waals surface area contributed by atoms with Gasteiger partial charge in [-0.3, -0.25) is 9.59 Å². The van der Waals surface area contributed by atoms with Crippen molar-refractivity contribution in [3.8, 4) is 0 Å². The maximum absolute atomic E-state index is 12.8. The Morgan fingerprint density at radius 2 is 1.75 bits per heavy atom. The van der Waals surface area contributed by atoms with Crippen LogP contribution in [0.3, 0.4) is 0 Å². The number of hydrazone groups is 1. The van der Waals surface area contributed by atoms with Crippen molar-refractivity contribution in [1.29, 1.82) is 0 Å². The van der Waals surface area contributed by atoms with Crippen LogP contribution in [0.5, 0.6) is 0 Å². The molecule has 1 aliphatic heterocycles. The number of carbonyl (C=O) groups excluding carboxylic acids is 3. The molecule has 1 saturated heterocycles. The lowest BCUT2D eigenvalue weighted by Gasteiger charge is -2.33. The van der Waals surface area contributed by atoms with Crippen LogP contribution in [0.1, 0.15) is 44.0 Å². The minimum absolute atomic E-state index is 0.0376. The average molecular weight is 464 g/mol. The van der Waals surface area contributed by atoms with Gasteiger partial charge in [0.2, 0.25) is 0 Å². The molecule has 32 heavy (non-hydrogen) atoms. The van der Waals surface area contributed by atoms with E-state index in [1.807, 2.05) is 20.8 Å². The molecular weight excluding hydrogens is 434 g/mol. The first-order valence-corrected chi connectivity index (χ1v) is 10.7. The summed E-state index contributed by atoms with van der Waals surface area (Å²) in [5.41, 5.74) is 2.39. The minimum Gasteiger partial charge on any atom is -0.444 e. The molecule has 0 aliphatic carbocycles. The number of amides is 3. The van der Waals surface area contributed by atoms with Crippen molar-refractivity contribution in [1.82, 2.24) is 21.0 Å². The summed E-state index contributed by atoms with van der Waals surface area (Å²) < 4.78 is 5.39. The number of nitrogens with zero attached hydrogens (tertiary/aromatic N) is 2. The van der Waals surface area contributed by atoms with Crippen molar-refractivity contribution >= 4 is 35.2 Å². The lowest BCUT2D eigenvalue weighted by atomic mass is 10.0. The summed E-state index contributed by atoms with van der Waals surface area (Å²) >= 11 is 5.84. The molecule has 9 nitrogen and oxygen atoms in total. The molecule has 0 aromatic heterocycles. The van der Waals surface area contributed by atoms with Gasteiger partial charge in [0.05, 0.1) is 5.70 Å². The lowest BCUT2D eigenvalue weighted by molar-refractivity contribution is -0.115. The van der Waals surface area contributed by atoms with Gasteiger partial charge in [-0.15, -0.1) is 0 Å². The zero-order valence-electron chi connectivity index (χ0n) is 18.8. The molecule has 0 unspecified atom stereocenters. The predicted molar refractivity (Wildman–Crippen MR) is 124 cm³/mol. The highest BCUT2D eigenvalue weighted by Gasteiger charge is 2.29. The van der Waals surface area contributed by atoms with E-state index in [1.165, 1.54) is 0 Å². The Kier molecular flexibility index (Phi) is 8.65. The summed E-state index contributed by atoms with van der Waals surface area (Å²) in [5.74, 6) is -0.912. The fourth-order valence-electron chi connectivity index (χ4n) is 3.02. The summed E-state index contributed by atoms with van der Waals surface area (Å²) in [5, 5.41) is 9.96. The Morgan fingerprint density at radius 1 is 1.16 bits per heavy atom. The highest BCUT2D eigenvalue weighted by Crippen LogP contribution is 2.16. The molecule has 1 heterocycles. The summed E-state index contributed by atoms with van der Waals surface area (Å²) in [6.07, 6.45) is 0.779. The van der Waals surface area contributed by atoms with Crippen molar-refractivity contribution in [2.75, 3.05) is 20.1 Å². The van der Waals surface area contributed by atoms with Crippen molar-refractivity contribution in [2.45, 2.75) is 45.3 Å². The maximum atomic E-state index is 12.8. The van der Waals surface area contributed by atoms with E-state index in [0.717, 1.165) is 0 Å². The van der Waals surface area contributed by atoms with Crippen LogP contribution in [0.2, 0.25) is 5.02 Å². The van der Waals surface area contributed by atoms with Gasteiger partial charge in [-0.1, -0.05) is 18.2 Å². The molecular formula is C22H30ClN5O4.